The molecule has 5 nitrogen and oxygen atoms in total. The molecule has 2 aliphatic carbocycles. The van der Waals surface area contributed by atoms with Crippen LogP contribution in [-0.2, 0) is 9.53 Å². The summed E-state index contributed by atoms with van der Waals surface area (Å²) < 4.78 is 5.46. The maximum Gasteiger partial charge on any atom is 0.310 e. The summed E-state index contributed by atoms with van der Waals surface area (Å²) in [6, 6.07) is 0. The van der Waals surface area contributed by atoms with Crippen LogP contribution in [0.3, 0.4) is 0 Å². The van der Waals surface area contributed by atoms with Crippen LogP contribution < -0.4 is 0 Å². The molecule has 20 heavy (non-hydrogen) atoms. The number of aliphatic hydroxyl groups excluding tert-OH is 3. The third-order valence-corrected chi connectivity index (χ3v) is 6.31. The average molecular weight is 284 g/mol. The second kappa shape index (κ2) is 4.18. The Kier molecular flexibility index (Phi) is 2.99. The third kappa shape index (κ3) is 1.51. The van der Waals surface area contributed by atoms with E-state index in [1.54, 1.807) is 13.8 Å². The molecule has 7 unspecified atom stereocenters. The molecule has 0 radical (unpaired) electrons. The summed E-state index contributed by atoms with van der Waals surface area (Å²) in [6.45, 7) is 5.47. The van der Waals surface area contributed by atoms with Crippen LogP contribution in [0.1, 0.15) is 33.6 Å². The van der Waals surface area contributed by atoms with Crippen molar-refractivity contribution in [3.63, 3.8) is 0 Å². The summed E-state index contributed by atoms with van der Waals surface area (Å²) in [6.07, 6.45) is -0.354. The van der Waals surface area contributed by atoms with E-state index in [-0.39, 0.29) is 36.2 Å². The van der Waals surface area contributed by atoms with Gasteiger partial charge in [-0.25, -0.2) is 0 Å². The van der Waals surface area contributed by atoms with Gasteiger partial charge < -0.3 is 20.1 Å². The molecule has 0 bridgehead atoms. The Morgan fingerprint density at radius 2 is 1.90 bits per heavy atom. The highest BCUT2D eigenvalue weighted by molar-refractivity contribution is 5.77. The van der Waals surface area contributed by atoms with E-state index in [1.807, 2.05) is 6.92 Å². The topological polar surface area (TPSA) is 87.0 Å². The van der Waals surface area contributed by atoms with Crippen molar-refractivity contribution in [2.45, 2.75) is 51.4 Å². The van der Waals surface area contributed by atoms with Gasteiger partial charge in [-0.15, -0.1) is 0 Å². The molecule has 1 aliphatic heterocycles. The van der Waals surface area contributed by atoms with Crippen LogP contribution in [0.2, 0.25) is 0 Å². The lowest BCUT2D eigenvalue weighted by Gasteiger charge is -2.51. The molecule has 0 spiro atoms. The van der Waals surface area contributed by atoms with E-state index in [9.17, 15) is 20.1 Å². The zero-order chi connectivity index (χ0) is 14.9. The van der Waals surface area contributed by atoms with Crippen molar-refractivity contribution in [1.82, 2.24) is 0 Å². The Balaban J connectivity index is 2.07. The lowest BCUT2D eigenvalue weighted by molar-refractivity contribution is -0.181. The molecule has 2 saturated carbocycles. The molecule has 0 aromatic heterocycles. The monoisotopic (exact) mass is 284 g/mol. The summed E-state index contributed by atoms with van der Waals surface area (Å²) in [4.78, 5) is 12.3. The van der Waals surface area contributed by atoms with Crippen molar-refractivity contribution in [2.75, 3.05) is 6.61 Å². The van der Waals surface area contributed by atoms with Gasteiger partial charge in [-0.1, -0.05) is 6.92 Å². The molecule has 3 aliphatic rings. The molecule has 3 fully saturated rings. The van der Waals surface area contributed by atoms with Gasteiger partial charge in [0.2, 0.25) is 0 Å². The van der Waals surface area contributed by atoms with E-state index in [1.165, 1.54) is 0 Å². The van der Waals surface area contributed by atoms with Gasteiger partial charge in [0.15, 0.2) is 0 Å². The van der Waals surface area contributed by atoms with E-state index in [0.717, 1.165) is 12.8 Å². The van der Waals surface area contributed by atoms with Crippen LogP contribution in [0.25, 0.3) is 0 Å². The molecule has 1 saturated heterocycles. The van der Waals surface area contributed by atoms with Gasteiger partial charge in [0.25, 0.3) is 0 Å². The van der Waals surface area contributed by atoms with E-state index in [0.29, 0.717) is 0 Å². The zero-order valence-corrected chi connectivity index (χ0v) is 12.2. The Morgan fingerprint density at radius 3 is 2.50 bits per heavy atom. The van der Waals surface area contributed by atoms with E-state index >= 15 is 0 Å². The van der Waals surface area contributed by atoms with Crippen molar-refractivity contribution < 1.29 is 24.9 Å². The van der Waals surface area contributed by atoms with Crippen LogP contribution in [0.4, 0.5) is 0 Å². The predicted molar refractivity (Wildman–Crippen MR) is 70.6 cm³/mol. The molecule has 0 aromatic rings. The van der Waals surface area contributed by atoms with Gasteiger partial charge in [-0.3, -0.25) is 4.79 Å². The molecule has 3 N–H and O–H groups in total. The van der Waals surface area contributed by atoms with Gasteiger partial charge >= 0.3 is 5.97 Å². The summed E-state index contributed by atoms with van der Waals surface area (Å²) in [5.41, 5.74) is -1.37. The molecule has 114 valence electrons. The molecule has 0 aromatic carbocycles. The fourth-order valence-corrected chi connectivity index (χ4v) is 5.20. The van der Waals surface area contributed by atoms with Gasteiger partial charge in [-0.05, 0) is 38.5 Å². The quantitative estimate of drug-likeness (QED) is 0.603. The second-order valence-electron chi connectivity index (χ2n) is 7.44. The molecular weight excluding hydrogens is 260 g/mol. The van der Waals surface area contributed by atoms with Crippen LogP contribution in [0.5, 0.6) is 0 Å². The first-order valence-electron chi connectivity index (χ1n) is 7.45. The summed E-state index contributed by atoms with van der Waals surface area (Å²) in [7, 11) is 0. The SMILES string of the molecule is CC1(C)OC(=O)C2C1C(O)C(O)C1(C)C(CO)CCC21. The standard InChI is InChI=1S/C15H24O5/c1-14(2)10-9(13(19)20-14)8-5-4-7(6-16)15(8,3)12(18)11(10)17/h7-12,16-18H,4-6H2,1-3H3. The highest BCUT2D eigenvalue weighted by atomic mass is 16.6. The van der Waals surface area contributed by atoms with Crippen LogP contribution in [0.15, 0.2) is 0 Å². The highest BCUT2D eigenvalue weighted by Gasteiger charge is 2.69. The minimum atomic E-state index is -0.991. The van der Waals surface area contributed by atoms with Crippen molar-refractivity contribution in [3.8, 4) is 0 Å². The maximum atomic E-state index is 12.3. The molecular formula is C15H24O5. The first kappa shape index (κ1) is 14.3. The van der Waals surface area contributed by atoms with Crippen molar-refractivity contribution in [3.05, 3.63) is 0 Å². The maximum absolute atomic E-state index is 12.3. The lowest BCUT2D eigenvalue weighted by atomic mass is 9.54. The van der Waals surface area contributed by atoms with E-state index in [4.69, 9.17) is 4.74 Å². The number of ether oxygens (including phenoxy) is 1. The minimum Gasteiger partial charge on any atom is -0.459 e. The number of esters is 1. The fraction of sp³-hybridized carbons (Fsp3) is 0.933. The Hall–Kier alpha value is -0.650. The zero-order valence-electron chi connectivity index (χ0n) is 12.2. The fourth-order valence-electron chi connectivity index (χ4n) is 5.20. The van der Waals surface area contributed by atoms with Crippen LogP contribution >= 0.6 is 0 Å². The second-order valence-corrected chi connectivity index (χ2v) is 7.44. The average Bonchev–Trinajstić information content (AvgIpc) is 2.81. The largest absolute Gasteiger partial charge is 0.459 e. The molecule has 0 amide bonds. The van der Waals surface area contributed by atoms with E-state index < -0.39 is 23.2 Å². The van der Waals surface area contributed by atoms with E-state index in [2.05, 4.69) is 0 Å². The van der Waals surface area contributed by atoms with Crippen LogP contribution in [0, 0.1) is 29.1 Å². The molecule has 1 heterocycles. The van der Waals surface area contributed by atoms with Gasteiger partial charge in [0.05, 0.1) is 18.1 Å². The first-order valence-corrected chi connectivity index (χ1v) is 7.45. The lowest BCUT2D eigenvalue weighted by Crippen LogP contribution is -2.61. The number of rotatable bonds is 1. The number of carbonyl (C=O) groups excluding carboxylic acids is 1. The number of carbonyl (C=O) groups is 1. The van der Waals surface area contributed by atoms with Crippen molar-refractivity contribution in [1.29, 1.82) is 0 Å². The third-order valence-electron chi connectivity index (χ3n) is 6.31. The predicted octanol–water partition coefficient (Wildman–Crippen LogP) is 0.314. The normalized spacial score (nSPS) is 53.4. The Morgan fingerprint density at radius 1 is 1.25 bits per heavy atom. The molecule has 7 atom stereocenters. The van der Waals surface area contributed by atoms with Crippen molar-refractivity contribution in [2.24, 2.45) is 29.1 Å². The highest BCUT2D eigenvalue weighted by Crippen LogP contribution is 2.62. The van der Waals surface area contributed by atoms with Gasteiger partial charge in [-0.2, -0.15) is 0 Å². The minimum absolute atomic E-state index is 0.0212. The first-order chi connectivity index (χ1) is 9.25. The van der Waals surface area contributed by atoms with Crippen LogP contribution in [-0.4, -0.2) is 45.7 Å². The number of cyclic esters (lactones) is 1. The number of aliphatic hydroxyl groups is 3. The Labute approximate surface area is 118 Å². The number of fused-ring (bicyclic) bond motifs is 3. The molecule has 3 rings (SSSR count). The van der Waals surface area contributed by atoms with Crippen molar-refractivity contribution >= 4 is 5.97 Å². The summed E-state index contributed by atoms with van der Waals surface area (Å²) >= 11 is 0. The summed E-state index contributed by atoms with van der Waals surface area (Å²) in [5.74, 6) is -1.11. The summed E-state index contributed by atoms with van der Waals surface area (Å²) in [5, 5.41) is 30.8. The number of hydrogen-bond acceptors (Lipinski definition) is 5. The van der Waals surface area contributed by atoms with Gasteiger partial charge in [0, 0.05) is 17.9 Å². The molecule has 5 heteroatoms. The van der Waals surface area contributed by atoms with Gasteiger partial charge in [0.1, 0.15) is 5.60 Å². The Bertz CT molecular complexity index is 434. The smallest absolute Gasteiger partial charge is 0.310 e. The number of hydrogen-bond donors (Lipinski definition) is 3.